The first-order chi connectivity index (χ1) is 13.0. The van der Waals surface area contributed by atoms with Gasteiger partial charge < -0.3 is 0 Å². The third-order valence-electron chi connectivity index (χ3n) is 4.40. The number of benzene rings is 1. The average molecular weight is 429 g/mol. The molecule has 2 N–H and O–H groups in total. The van der Waals surface area contributed by atoms with Gasteiger partial charge in [0.05, 0.1) is 10.6 Å². The minimum Gasteiger partial charge on any atom is -0.296 e. The highest BCUT2D eigenvalue weighted by Gasteiger charge is 2.25. The fourth-order valence-corrected chi connectivity index (χ4v) is 5.46. The molecule has 2 aromatic rings. The topological polar surface area (TPSA) is 101 Å². The number of nitrogens with one attached hydrogen (secondary N) is 2. The summed E-state index contributed by atoms with van der Waals surface area (Å²) in [6, 6.07) is 6.50. The zero-order valence-corrected chi connectivity index (χ0v) is 17.0. The number of carbonyl (C=O) groups is 1. The molecule has 146 valence electrons. The van der Waals surface area contributed by atoms with Crippen LogP contribution in [0.1, 0.15) is 55.3 Å². The van der Waals surface area contributed by atoms with Gasteiger partial charge in [-0.15, -0.1) is 10.2 Å². The number of carbonyl (C=O) groups excluding carboxylic acids is 1. The smallest absolute Gasteiger partial charge is 0.270 e. The zero-order valence-electron chi connectivity index (χ0n) is 14.7. The number of sulfonamides is 1. The number of hydrogen-bond donors (Lipinski definition) is 2. The number of nitrogens with zero attached hydrogens (tertiary/aromatic N) is 2. The maximum absolute atomic E-state index is 12.6. The van der Waals surface area contributed by atoms with E-state index < -0.39 is 15.9 Å². The first kappa shape index (κ1) is 20.2. The molecule has 0 saturated heterocycles. The molecule has 1 heterocycles. The molecule has 10 heteroatoms. The number of anilines is 1. The first-order valence-corrected chi connectivity index (χ1v) is 11.6. The summed E-state index contributed by atoms with van der Waals surface area (Å²) in [5.41, 5.74) is 0.284. The first-order valence-electron chi connectivity index (χ1n) is 8.87. The summed E-state index contributed by atoms with van der Waals surface area (Å²) < 4.78 is 27.7. The van der Waals surface area contributed by atoms with Gasteiger partial charge in [-0.3, -0.25) is 10.1 Å². The lowest BCUT2D eigenvalue weighted by Crippen LogP contribution is -2.35. The molecule has 1 aromatic heterocycles. The molecular formula is C17H21ClN4O3S2. The summed E-state index contributed by atoms with van der Waals surface area (Å²) in [6.07, 6.45) is 7.17. The highest BCUT2D eigenvalue weighted by molar-refractivity contribution is 7.91. The number of amides is 1. The molecular weight excluding hydrogens is 408 g/mol. The van der Waals surface area contributed by atoms with Crippen molar-refractivity contribution in [2.75, 3.05) is 5.32 Å². The second-order valence-electron chi connectivity index (χ2n) is 6.47. The molecule has 0 atom stereocenters. The van der Waals surface area contributed by atoms with Crippen molar-refractivity contribution < 1.29 is 13.2 Å². The molecule has 0 radical (unpaired) electrons. The summed E-state index contributed by atoms with van der Waals surface area (Å²) in [7, 11) is -3.76. The Morgan fingerprint density at radius 1 is 1.07 bits per heavy atom. The third kappa shape index (κ3) is 5.47. The van der Waals surface area contributed by atoms with Gasteiger partial charge in [0, 0.05) is 6.04 Å². The van der Waals surface area contributed by atoms with Crippen molar-refractivity contribution in [3.63, 3.8) is 0 Å². The normalized spacial score (nSPS) is 16.5. The lowest BCUT2D eigenvalue weighted by Gasteiger charge is -2.19. The lowest BCUT2D eigenvalue weighted by molar-refractivity contribution is 0.102. The molecule has 1 amide bonds. The summed E-state index contributed by atoms with van der Waals surface area (Å²) >= 11 is 6.82. The van der Waals surface area contributed by atoms with Gasteiger partial charge in [0.15, 0.2) is 0 Å². The van der Waals surface area contributed by atoms with Crippen LogP contribution in [0.25, 0.3) is 0 Å². The average Bonchev–Trinajstić information content (AvgIpc) is 3.07. The third-order valence-corrected chi connectivity index (χ3v) is 7.46. The van der Waals surface area contributed by atoms with Crippen LogP contribution in [0, 0.1) is 0 Å². The van der Waals surface area contributed by atoms with Crippen molar-refractivity contribution in [3.05, 3.63) is 34.9 Å². The maximum atomic E-state index is 12.6. The van der Waals surface area contributed by atoms with Crippen molar-refractivity contribution >= 4 is 44.0 Å². The van der Waals surface area contributed by atoms with Crippen LogP contribution in [0.3, 0.4) is 0 Å². The van der Waals surface area contributed by atoms with Crippen molar-refractivity contribution in [1.82, 2.24) is 14.9 Å². The summed E-state index contributed by atoms with van der Waals surface area (Å²) in [4.78, 5) is 12.3. The van der Waals surface area contributed by atoms with Crippen LogP contribution in [0.15, 0.2) is 28.6 Å². The highest BCUT2D eigenvalue weighted by atomic mass is 35.5. The second-order valence-corrected chi connectivity index (χ2v) is 9.74. The number of hydrogen-bond acceptors (Lipinski definition) is 6. The molecule has 1 fully saturated rings. The van der Waals surface area contributed by atoms with Crippen LogP contribution in [0.4, 0.5) is 5.13 Å². The summed E-state index contributed by atoms with van der Waals surface area (Å²) in [6.45, 7) is 0. The van der Waals surface area contributed by atoms with E-state index in [2.05, 4.69) is 20.2 Å². The number of aromatic nitrogens is 2. The Morgan fingerprint density at radius 3 is 2.44 bits per heavy atom. The van der Waals surface area contributed by atoms with Crippen LogP contribution < -0.4 is 10.0 Å². The monoisotopic (exact) mass is 428 g/mol. The molecule has 3 rings (SSSR count). The Balaban J connectivity index is 1.67. The van der Waals surface area contributed by atoms with Crippen molar-refractivity contribution in [3.8, 4) is 0 Å². The van der Waals surface area contributed by atoms with E-state index in [4.69, 9.17) is 11.6 Å². The Morgan fingerprint density at radius 2 is 1.74 bits per heavy atom. The SMILES string of the molecule is O=C(Nc1nnc(S(=O)(=O)NC2CCCCCCC2)s1)c1ccccc1Cl. The molecule has 27 heavy (non-hydrogen) atoms. The number of halogens is 1. The molecule has 0 bridgehead atoms. The van der Waals surface area contributed by atoms with Crippen LogP contribution in [0.5, 0.6) is 0 Å². The quantitative estimate of drug-likeness (QED) is 0.704. The summed E-state index contributed by atoms with van der Waals surface area (Å²) in [5, 5.41) is 10.5. The molecule has 1 aliphatic rings. The molecule has 1 aliphatic carbocycles. The van der Waals surface area contributed by atoms with Crippen LogP contribution in [-0.2, 0) is 10.0 Å². The van der Waals surface area contributed by atoms with E-state index in [1.54, 1.807) is 24.3 Å². The van der Waals surface area contributed by atoms with Gasteiger partial charge in [-0.05, 0) is 25.0 Å². The van der Waals surface area contributed by atoms with Gasteiger partial charge in [0.1, 0.15) is 0 Å². The lowest BCUT2D eigenvalue weighted by atomic mass is 9.97. The fourth-order valence-electron chi connectivity index (χ4n) is 3.02. The van der Waals surface area contributed by atoms with Gasteiger partial charge in [0.2, 0.25) is 9.47 Å². The molecule has 0 unspecified atom stereocenters. The largest absolute Gasteiger partial charge is 0.296 e. The van der Waals surface area contributed by atoms with Crippen molar-refractivity contribution in [2.24, 2.45) is 0 Å². The van der Waals surface area contributed by atoms with Crippen LogP contribution in [-0.4, -0.2) is 30.6 Å². The zero-order chi connectivity index (χ0) is 19.3. The molecule has 7 nitrogen and oxygen atoms in total. The standard InChI is InChI=1S/C17H21ClN4O3S2/c18-14-11-7-6-10-13(14)15(23)19-16-20-21-17(26-16)27(24,25)22-12-8-4-2-1-3-5-9-12/h6-7,10-12,22H,1-5,8-9H2,(H,19,20,23). The van der Waals surface area contributed by atoms with Crippen molar-refractivity contribution in [1.29, 1.82) is 0 Å². The van der Waals surface area contributed by atoms with E-state index in [0.29, 0.717) is 5.02 Å². The van der Waals surface area contributed by atoms with Crippen LogP contribution in [0.2, 0.25) is 5.02 Å². The number of rotatable bonds is 5. The Kier molecular flexibility index (Phi) is 6.80. The second kappa shape index (κ2) is 9.09. The van der Waals surface area contributed by atoms with E-state index in [1.807, 2.05) is 0 Å². The molecule has 1 saturated carbocycles. The Hall–Kier alpha value is -1.55. The predicted molar refractivity (Wildman–Crippen MR) is 106 cm³/mol. The predicted octanol–water partition coefficient (Wildman–Crippen LogP) is 3.84. The Bertz CT molecular complexity index is 893. The minimum absolute atomic E-state index is 0.0830. The van der Waals surface area contributed by atoms with Crippen LogP contribution >= 0.6 is 22.9 Å². The maximum Gasteiger partial charge on any atom is 0.270 e. The van der Waals surface area contributed by atoms with Gasteiger partial charge in [-0.1, -0.05) is 67.2 Å². The van der Waals surface area contributed by atoms with Crippen molar-refractivity contribution in [2.45, 2.75) is 55.3 Å². The highest BCUT2D eigenvalue weighted by Crippen LogP contribution is 2.24. The van der Waals surface area contributed by atoms with E-state index in [9.17, 15) is 13.2 Å². The minimum atomic E-state index is -3.76. The van der Waals surface area contributed by atoms with Gasteiger partial charge in [-0.2, -0.15) is 0 Å². The molecule has 1 aromatic carbocycles. The Labute approximate surface area is 167 Å². The van der Waals surface area contributed by atoms with E-state index in [1.165, 1.54) is 6.42 Å². The van der Waals surface area contributed by atoms with E-state index in [0.717, 1.165) is 49.9 Å². The fraction of sp³-hybridized carbons (Fsp3) is 0.471. The molecule has 0 spiro atoms. The summed E-state index contributed by atoms with van der Waals surface area (Å²) in [5.74, 6) is -0.464. The van der Waals surface area contributed by atoms with Gasteiger partial charge in [0.25, 0.3) is 15.9 Å². The van der Waals surface area contributed by atoms with Gasteiger partial charge >= 0.3 is 0 Å². The van der Waals surface area contributed by atoms with E-state index >= 15 is 0 Å². The molecule has 0 aliphatic heterocycles. The van der Waals surface area contributed by atoms with Gasteiger partial charge in [-0.25, -0.2) is 13.1 Å². The van der Waals surface area contributed by atoms with E-state index in [-0.39, 0.29) is 21.1 Å².